The maximum Gasteiger partial charge on any atom is 0.240 e. The number of anilines is 1. The zero-order valence-corrected chi connectivity index (χ0v) is 16.8. The van der Waals surface area contributed by atoms with Gasteiger partial charge in [-0.2, -0.15) is 0 Å². The molecule has 3 fully saturated rings. The lowest BCUT2D eigenvalue weighted by atomic mass is 9.71. The fourth-order valence-electron chi connectivity index (χ4n) is 5.24. The lowest BCUT2D eigenvalue weighted by Crippen LogP contribution is -2.45. The molecule has 2 aromatic carbocycles. The van der Waals surface area contributed by atoms with Gasteiger partial charge in [-0.3, -0.25) is 13.8 Å². The van der Waals surface area contributed by atoms with E-state index in [-0.39, 0.29) is 23.8 Å². The molecule has 0 N–H and O–H groups in total. The fourth-order valence-corrected chi connectivity index (χ4v) is 5.76. The summed E-state index contributed by atoms with van der Waals surface area (Å²) in [5.41, 5.74) is 2.16. The molecule has 30 heavy (non-hydrogen) atoms. The van der Waals surface area contributed by atoms with Gasteiger partial charge in [0.2, 0.25) is 11.8 Å². The van der Waals surface area contributed by atoms with E-state index >= 15 is 0 Å². The Morgan fingerprint density at radius 3 is 2.20 bits per heavy atom. The molecule has 2 aromatic rings. The molecule has 2 bridgehead atoms. The van der Waals surface area contributed by atoms with Gasteiger partial charge in [-0.15, -0.1) is 0 Å². The van der Waals surface area contributed by atoms with Gasteiger partial charge in [-0.1, -0.05) is 35.5 Å². The van der Waals surface area contributed by atoms with Crippen molar-refractivity contribution in [2.75, 3.05) is 11.2 Å². The van der Waals surface area contributed by atoms with Gasteiger partial charge in [0.1, 0.15) is 6.10 Å². The molecule has 0 aromatic heterocycles. The third-order valence-electron chi connectivity index (χ3n) is 6.54. The molecular formula is C22H18N2O5S. The molecule has 8 heteroatoms. The average molecular weight is 422 g/mol. The summed E-state index contributed by atoms with van der Waals surface area (Å²) >= 11 is 0. The molecule has 0 spiro atoms. The summed E-state index contributed by atoms with van der Waals surface area (Å²) in [7, 11) is -1.06. The molecule has 0 radical (unpaired) electrons. The predicted octanol–water partition coefficient (Wildman–Crippen LogP) is 1.73. The summed E-state index contributed by atoms with van der Waals surface area (Å²) in [4.78, 5) is 34.1. The molecule has 7 atom stereocenters. The van der Waals surface area contributed by atoms with Crippen molar-refractivity contribution in [2.45, 2.75) is 23.2 Å². The number of carbonyl (C=O) groups is 2. The van der Waals surface area contributed by atoms with Crippen LogP contribution < -0.4 is 4.90 Å². The molecular weight excluding hydrogens is 404 g/mol. The minimum atomic E-state index is -1.06. The Hall–Kier alpha value is -2.84. The minimum absolute atomic E-state index is 0.207. The second kappa shape index (κ2) is 6.33. The van der Waals surface area contributed by atoms with Gasteiger partial charge in [-0.25, -0.2) is 4.90 Å². The first kappa shape index (κ1) is 18.0. The highest BCUT2D eigenvalue weighted by molar-refractivity contribution is 7.84. The van der Waals surface area contributed by atoms with Gasteiger partial charge >= 0.3 is 0 Å². The second-order valence-corrected chi connectivity index (χ2v) is 9.39. The lowest BCUT2D eigenvalue weighted by Gasteiger charge is -2.26. The van der Waals surface area contributed by atoms with Crippen LogP contribution in [-0.4, -0.2) is 46.3 Å². The van der Waals surface area contributed by atoms with Crippen molar-refractivity contribution in [1.82, 2.24) is 0 Å². The summed E-state index contributed by atoms with van der Waals surface area (Å²) in [6.45, 7) is 0. The number of carbonyl (C=O) groups excluding carboxylic acids is 2. The monoisotopic (exact) mass is 422 g/mol. The van der Waals surface area contributed by atoms with E-state index in [9.17, 15) is 13.8 Å². The summed E-state index contributed by atoms with van der Waals surface area (Å²) in [6, 6.07) is 16.3. The van der Waals surface area contributed by atoms with Gasteiger partial charge < -0.3 is 9.57 Å². The van der Waals surface area contributed by atoms with Crippen molar-refractivity contribution in [1.29, 1.82) is 0 Å². The molecule has 0 aliphatic carbocycles. The molecule has 6 rings (SSSR count). The van der Waals surface area contributed by atoms with Crippen LogP contribution in [0.5, 0.6) is 0 Å². The second-order valence-electron chi connectivity index (χ2n) is 8.02. The highest BCUT2D eigenvalue weighted by Gasteiger charge is 2.72. The van der Waals surface area contributed by atoms with Gasteiger partial charge in [0.25, 0.3) is 0 Å². The van der Waals surface area contributed by atoms with E-state index in [1.54, 1.807) is 30.5 Å². The van der Waals surface area contributed by atoms with Crippen LogP contribution in [0.3, 0.4) is 0 Å². The fraction of sp³-hybridized carbons (Fsp3) is 0.318. The van der Waals surface area contributed by atoms with Crippen LogP contribution in [0.25, 0.3) is 0 Å². The number of hydrogen-bond donors (Lipinski definition) is 0. The normalized spacial score (nSPS) is 34.6. The first-order valence-corrected chi connectivity index (χ1v) is 11.4. The van der Waals surface area contributed by atoms with Crippen molar-refractivity contribution in [2.24, 2.45) is 22.9 Å². The summed E-state index contributed by atoms with van der Waals surface area (Å²) in [6.07, 6.45) is 0.320. The van der Waals surface area contributed by atoms with Gasteiger partial charge in [0.05, 0.1) is 35.3 Å². The van der Waals surface area contributed by atoms with Gasteiger partial charge in [0, 0.05) is 22.0 Å². The Bertz CT molecular complexity index is 1120. The highest BCUT2D eigenvalue weighted by Crippen LogP contribution is 2.55. The quantitative estimate of drug-likeness (QED) is 0.704. The van der Waals surface area contributed by atoms with Crippen LogP contribution in [0.2, 0.25) is 0 Å². The summed E-state index contributed by atoms with van der Waals surface area (Å²) in [5, 5.41) is 4.28. The molecule has 0 saturated carbocycles. The Labute approximate surface area is 175 Å². The lowest BCUT2D eigenvalue weighted by molar-refractivity contribution is -0.125. The number of oxime groups is 1. The molecule has 4 heterocycles. The van der Waals surface area contributed by atoms with Crippen molar-refractivity contribution < 1.29 is 23.4 Å². The Balaban J connectivity index is 1.33. The van der Waals surface area contributed by atoms with Crippen LogP contribution in [0.4, 0.5) is 5.69 Å². The molecule has 1 unspecified atom stereocenters. The number of fused-ring (bicyclic) bond motifs is 8. The Kier molecular flexibility index (Phi) is 3.79. The van der Waals surface area contributed by atoms with Crippen molar-refractivity contribution >= 4 is 34.0 Å². The SMILES string of the molecule is CS(=O)c1ccc(C2=NO[C@H]3[C@H]4O[C@@H]([C@@H]23)[C@@H]2C(=O)N(c3ccccc3)C(=O)[C@H]42)cc1. The first-order chi connectivity index (χ1) is 14.6. The Morgan fingerprint density at radius 1 is 0.867 bits per heavy atom. The van der Waals surface area contributed by atoms with E-state index < -0.39 is 34.8 Å². The third-order valence-corrected chi connectivity index (χ3v) is 7.47. The van der Waals surface area contributed by atoms with Gasteiger partial charge in [0.15, 0.2) is 6.10 Å². The zero-order chi connectivity index (χ0) is 20.6. The van der Waals surface area contributed by atoms with Crippen molar-refractivity contribution in [3.63, 3.8) is 0 Å². The van der Waals surface area contributed by atoms with Crippen molar-refractivity contribution in [3.05, 3.63) is 60.2 Å². The molecule has 3 saturated heterocycles. The average Bonchev–Trinajstić information content (AvgIpc) is 3.49. The van der Waals surface area contributed by atoms with Crippen LogP contribution >= 0.6 is 0 Å². The van der Waals surface area contributed by atoms with E-state index in [2.05, 4.69) is 5.16 Å². The number of imide groups is 1. The van der Waals surface area contributed by atoms with E-state index in [1.165, 1.54) is 4.90 Å². The molecule has 152 valence electrons. The molecule has 7 nitrogen and oxygen atoms in total. The van der Waals surface area contributed by atoms with Crippen LogP contribution in [0, 0.1) is 17.8 Å². The molecule has 2 amide bonds. The smallest absolute Gasteiger partial charge is 0.240 e. The summed E-state index contributed by atoms with van der Waals surface area (Å²) in [5.74, 6) is -1.72. The third kappa shape index (κ3) is 2.29. The number of benzene rings is 2. The van der Waals surface area contributed by atoms with Crippen molar-refractivity contribution in [3.8, 4) is 0 Å². The highest BCUT2D eigenvalue weighted by atomic mass is 32.2. The largest absolute Gasteiger partial charge is 0.389 e. The van der Waals surface area contributed by atoms with E-state index in [0.29, 0.717) is 5.69 Å². The number of para-hydroxylation sites is 1. The van der Waals surface area contributed by atoms with E-state index in [4.69, 9.17) is 9.57 Å². The number of ether oxygens (including phenoxy) is 1. The first-order valence-electron chi connectivity index (χ1n) is 9.82. The van der Waals surface area contributed by atoms with Crippen LogP contribution in [-0.2, 0) is 30.0 Å². The standard InChI is InChI=1S/C22H18N2O5S/c1-30(27)13-9-7-11(8-10-13)17-16-18-14-15(19(28-18)20(16)29-23-17)22(26)24(21(14)25)12-5-3-2-4-6-12/h2-10,14-16,18-20H,1H3/t14-,15+,16-,18-,19+,20-,30?/m1/s1. The Morgan fingerprint density at radius 2 is 1.53 bits per heavy atom. The number of hydrogen-bond acceptors (Lipinski definition) is 6. The number of nitrogens with zero attached hydrogens (tertiary/aromatic N) is 2. The van der Waals surface area contributed by atoms with E-state index in [1.807, 2.05) is 30.3 Å². The number of amides is 2. The predicted molar refractivity (Wildman–Crippen MR) is 108 cm³/mol. The topological polar surface area (TPSA) is 85.3 Å². The van der Waals surface area contributed by atoms with Gasteiger partial charge in [-0.05, 0) is 29.8 Å². The van der Waals surface area contributed by atoms with Crippen LogP contribution in [0.15, 0.2) is 64.6 Å². The van der Waals surface area contributed by atoms with E-state index in [0.717, 1.165) is 16.2 Å². The molecule has 4 aliphatic heterocycles. The van der Waals surface area contributed by atoms with Crippen LogP contribution in [0.1, 0.15) is 5.56 Å². The molecule has 4 aliphatic rings. The maximum absolute atomic E-state index is 13.2. The maximum atomic E-state index is 13.2. The summed E-state index contributed by atoms with van der Waals surface area (Å²) < 4.78 is 17.8. The minimum Gasteiger partial charge on any atom is -0.389 e. The zero-order valence-electron chi connectivity index (χ0n) is 16.0. The number of rotatable bonds is 3.